The number of β-amino-alcohol motifs (C(OH)–C–C–N with tert-alkyl or cyclic N) is 1. The van der Waals surface area contributed by atoms with Crippen molar-refractivity contribution in [2.45, 2.75) is 24.8 Å². The van der Waals surface area contributed by atoms with E-state index in [0.717, 1.165) is 12.1 Å². The second-order valence-electron chi connectivity index (χ2n) is 5.58. The van der Waals surface area contributed by atoms with Crippen LogP contribution < -0.4 is 0 Å². The van der Waals surface area contributed by atoms with E-state index >= 15 is 0 Å². The Morgan fingerprint density at radius 2 is 2.09 bits per heavy atom. The molecular weight excluding hydrogens is 297 g/mol. The lowest BCUT2D eigenvalue weighted by molar-refractivity contribution is -0.137. The van der Waals surface area contributed by atoms with Crippen molar-refractivity contribution in [1.29, 1.82) is 5.26 Å². The van der Waals surface area contributed by atoms with Crippen molar-refractivity contribution in [2.24, 2.45) is 0 Å². The molecule has 1 aliphatic heterocycles. The van der Waals surface area contributed by atoms with Crippen LogP contribution in [0.3, 0.4) is 0 Å². The van der Waals surface area contributed by atoms with Crippen molar-refractivity contribution >= 4 is 0 Å². The van der Waals surface area contributed by atoms with Gasteiger partial charge in [0.2, 0.25) is 0 Å². The standard InChI is InChI=1S/C15H17F3N2O2/c1-14(21,10-20-5-6-22-13(8-19)9-20)11-3-2-4-12(7-11)15(16,17)18/h2-4,7,13,21H,5-6,9-10H2,1H3. The predicted octanol–water partition coefficient (Wildman–Crippen LogP) is 2.14. The van der Waals surface area contributed by atoms with Gasteiger partial charge in [-0.1, -0.05) is 12.1 Å². The van der Waals surface area contributed by atoms with Crippen molar-refractivity contribution in [3.63, 3.8) is 0 Å². The molecule has 2 atom stereocenters. The molecule has 4 nitrogen and oxygen atoms in total. The van der Waals surface area contributed by atoms with Crippen molar-refractivity contribution in [3.8, 4) is 6.07 Å². The largest absolute Gasteiger partial charge is 0.416 e. The van der Waals surface area contributed by atoms with Gasteiger partial charge >= 0.3 is 6.18 Å². The number of nitrogens with zero attached hydrogens (tertiary/aromatic N) is 2. The van der Waals surface area contributed by atoms with Crippen LogP contribution >= 0.6 is 0 Å². The number of benzene rings is 1. The van der Waals surface area contributed by atoms with Gasteiger partial charge in [-0.3, -0.25) is 4.90 Å². The molecule has 1 aromatic rings. The summed E-state index contributed by atoms with van der Waals surface area (Å²) in [5.74, 6) is 0. The Bertz CT molecular complexity index is 567. The third-order valence-corrected chi connectivity index (χ3v) is 3.64. The molecule has 2 rings (SSSR count). The summed E-state index contributed by atoms with van der Waals surface area (Å²) < 4.78 is 43.5. The van der Waals surface area contributed by atoms with Gasteiger partial charge in [0.15, 0.2) is 6.10 Å². The van der Waals surface area contributed by atoms with Crippen LogP contribution in [0.4, 0.5) is 13.2 Å². The van der Waals surface area contributed by atoms with Crippen LogP contribution in [0.15, 0.2) is 24.3 Å². The molecule has 22 heavy (non-hydrogen) atoms. The van der Waals surface area contributed by atoms with E-state index in [-0.39, 0.29) is 12.1 Å². The lowest BCUT2D eigenvalue weighted by Gasteiger charge is -2.35. The summed E-state index contributed by atoms with van der Waals surface area (Å²) in [5.41, 5.74) is -2.04. The van der Waals surface area contributed by atoms with Crippen molar-refractivity contribution in [2.75, 3.05) is 26.2 Å². The van der Waals surface area contributed by atoms with Crippen LogP contribution in [0.25, 0.3) is 0 Å². The highest BCUT2D eigenvalue weighted by Gasteiger charge is 2.34. The Kier molecular flexibility index (Phi) is 4.75. The fourth-order valence-corrected chi connectivity index (χ4v) is 2.48. The van der Waals surface area contributed by atoms with E-state index in [2.05, 4.69) is 0 Å². The minimum atomic E-state index is -4.45. The van der Waals surface area contributed by atoms with Gasteiger partial charge in [-0.05, 0) is 24.6 Å². The summed E-state index contributed by atoms with van der Waals surface area (Å²) in [6.45, 7) is 2.81. The van der Waals surface area contributed by atoms with E-state index < -0.39 is 23.4 Å². The zero-order valence-electron chi connectivity index (χ0n) is 12.1. The minimum absolute atomic E-state index is 0.135. The number of rotatable bonds is 3. The maximum atomic E-state index is 12.8. The SMILES string of the molecule is CC(O)(CN1CCOC(C#N)C1)c1cccc(C(F)(F)F)c1. The molecule has 1 saturated heterocycles. The molecule has 1 aliphatic rings. The molecule has 120 valence electrons. The molecule has 0 saturated carbocycles. The first-order valence-electron chi connectivity index (χ1n) is 6.86. The molecule has 1 heterocycles. The minimum Gasteiger partial charge on any atom is -0.384 e. The summed E-state index contributed by atoms with van der Waals surface area (Å²) in [6.07, 6.45) is -5.03. The van der Waals surface area contributed by atoms with E-state index in [1.807, 2.05) is 11.0 Å². The molecule has 0 amide bonds. The van der Waals surface area contributed by atoms with E-state index in [0.29, 0.717) is 19.7 Å². The molecular formula is C15H17F3N2O2. The van der Waals surface area contributed by atoms with Crippen LogP contribution in [0.2, 0.25) is 0 Å². The fraction of sp³-hybridized carbons (Fsp3) is 0.533. The number of aliphatic hydroxyl groups is 1. The number of hydrogen-bond donors (Lipinski definition) is 1. The van der Waals surface area contributed by atoms with Crippen LogP contribution in [0, 0.1) is 11.3 Å². The van der Waals surface area contributed by atoms with E-state index in [1.165, 1.54) is 19.1 Å². The zero-order chi connectivity index (χ0) is 16.4. The fourth-order valence-electron chi connectivity index (χ4n) is 2.48. The Morgan fingerprint density at radius 1 is 1.41 bits per heavy atom. The van der Waals surface area contributed by atoms with Crippen molar-refractivity contribution in [3.05, 3.63) is 35.4 Å². The van der Waals surface area contributed by atoms with Crippen molar-refractivity contribution < 1.29 is 23.0 Å². The molecule has 0 spiro atoms. The van der Waals surface area contributed by atoms with Gasteiger partial charge in [0.1, 0.15) is 0 Å². The number of halogens is 3. The Balaban J connectivity index is 2.15. The molecule has 2 unspecified atom stereocenters. The molecule has 1 aromatic carbocycles. The number of alkyl halides is 3. The van der Waals surface area contributed by atoms with Crippen molar-refractivity contribution in [1.82, 2.24) is 4.90 Å². The van der Waals surface area contributed by atoms with Gasteiger partial charge in [0.25, 0.3) is 0 Å². The number of ether oxygens (including phenoxy) is 1. The second-order valence-corrected chi connectivity index (χ2v) is 5.58. The molecule has 0 aliphatic carbocycles. The maximum Gasteiger partial charge on any atom is 0.416 e. The highest BCUT2D eigenvalue weighted by atomic mass is 19.4. The first-order valence-corrected chi connectivity index (χ1v) is 6.86. The molecule has 0 radical (unpaired) electrons. The van der Waals surface area contributed by atoms with Crippen LogP contribution in [0.1, 0.15) is 18.1 Å². The molecule has 7 heteroatoms. The molecule has 0 bridgehead atoms. The quantitative estimate of drug-likeness (QED) is 0.929. The van der Waals surface area contributed by atoms with Crippen LogP contribution in [-0.2, 0) is 16.5 Å². The summed E-state index contributed by atoms with van der Waals surface area (Å²) in [4.78, 5) is 1.82. The molecule has 1 fully saturated rings. The highest BCUT2D eigenvalue weighted by molar-refractivity contribution is 5.29. The van der Waals surface area contributed by atoms with Gasteiger partial charge in [-0.2, -0.15) is 18.4 Å². The summed E-state index contributed by atoms with van der Waals surface area (Å²) in [6, 6.07) is 6.68. The Hall–Kier alpha value is -1.62. The third kappa shape index (κ3) is 3.97. The first-order chi connectivity index (χ1) is 10.2. The topological polar surface area (TPSA) is 56.5 Å². The number of nitriles is 1. The van der Waals surface area contributed by atoms with Gasteiger partial charge in [0.05, 0.1) is 23.8 Å². The van der Waals surface area contributed by atoms with Gasteiger partial charge in [-0.25, -0.2) is 0 Å². The average Bonchev–Trinajstić information content (AvgIpc) is 2.46. The predicted molar refractivity (Wildman–Crippen MR) is 72.8 cm³/mol. The van der Waals surface area contributed by atoms with E-state index in [9.17, 15) is 18.3 Å². The third-order valence-electron chi connectivity index (χ3n) is 3.64. The summed E-state index contributed by atoms with van der Waals surface area (Å²) in [7, 11) is 0. The monoisotopic (exact) mass is 314 g/mol. The Labute approximate surface area is 126 Å². The molecule has 0 aromatic heterocycles. The van der Waals surface area contributed by atoms with Crippen LogP contribution in [0.5, 0.6) is 0 Å². The van der Waals surface area contributed by atoms with E-state index in [4.69, 9.17) is 10.00 Å². The highest BCUT2D eigenvalue weighted by Crippen LogP contribution is 2.32. The van der Waals surface area contributed by atoms with Gasteiger partial charge < -0.3 is 9.84 Å². The van der Waals surface area contributed by atoms with Gasteiger partial charge in [-0.15, -0.1) is 0 Å². The zero-order valence-corrected chi connectivity index (χ0v) is 12.1. The van der Waals surface area contributed by atoms with Crippen LogP contribution in [-0.4, -0.2) is 42.4 Å². The number of morpholine rings is 1. The average molecular weight is 314 g/mol. The smallest absolute Gasteiger partial charge is 0.384 e. The maximum absolute atomic E-state index is 12.8. The first kappa shape index (κ1) is 16.7. The lowest BCUT2D eigenvalue weighted by Crippen LogP contribution is -2.47. The normalized spacial score (nSPS) is 22.8. The molecule has 1 N–H and O–H groups in total. The Morgan fingerprint density at radius 3 is 2.73 bits per heavy atom. The lowest BCUT2D eigenvalue weighted by atomic mass is 9.93. The number of hydrogen-bond acceptors (Lipinski definition) is 4. The second kappa shape index (κ2) is 6.24. The van der Waals surface area contributed by atoms with Gasteiger partial charge in [0, 0.05) is 19.6 Å². The summed E-state index contributed by atoms with van der Waals surface area (Å²) >= 11 is 0. The summed E-state index contributed by atoms with van der Waals surface area (Å²) in [5, 5.41) is 19.4. The van der Waals surface area contributed by atoms with E-state index in [1.54, 1.807) is 0 Å².